The van der Waals surface area contributed by atoms with Crippen LogP contribution in [0, 0.1) is 12.7 Å². The van der Waals surface area contributed by atoms with E-state index >= 15 is 0 Å². The summed E-state index contributed by atoms with van der Waals surface area (Å²) in [6.07, 6.45) is 0. The van der Waals surface area contributed by atoms with Crippen molar-refractivity contribution in [1.29, 1.82) is 0 Å². The van der Waals surface area contributed by atoms with Crippen LogP contribution in [0.15, 0.2) is 36.4 Å². The smallest absolute Gasteiger partial charge is 0.325 e. The summed E-state index contributed by atoms with van der Waals surface area (Å²) in [7, 11) is 0. The molecule has 0 aliphatic rings. The molecule has 0 saturated carbocycles. The molecule has 1 unspecified atom stereocenters. The number of anilines is 1. The van der Waals surface area contributed by atoms with Crippen molar-refractivity contribution in [3.8, 4) is 16.9 Å². The number of rotatable bonds is 5. The molecular formula is C22H23FN2O3. The molecule has 3 N–H and O–H groups in total. The Kier molecular flexibility index (Phi) is 5.23. The van der Waals surface area contributed by atoms with E-state index in [1.165, 1.54) is 12.1 Å². The Labute approximate surface area is 162 Å². The first-order chi connectivity index (χ1) is 13.2. The molecule has 146 valence electrons. The number of aliphatic carboxylic acids is 1. The Balaban J connectivity index is 2.39. The fraction of sp³-hybridized carbons (Fsp3) is 0.273. The third-order valence-electron chi connectivity index (χ3n) is 4.75. The number of halogens is 1. The van der Waals surface area contributed by atoms with E-state index < -0.39 is 12.0 Å². The number of carboxylic acid groups (broad SMARTS) is 1. The summed E-state index contributed by atoms with van der Waals surface area (Å²) in [5.74, 6) is -0.749. The molecule has 2 aromatic carbocycles. The molecule has 0 spiro atoms. The molecule has 0 amide bonds. The molecule has 0 radical (unpaired) electrons. The van der Waals surface area contributed by atoms with Crippen molar-refractivity contribution in [2.45, 2.75) is 39.7 Å². The second-order valence-electron chi connectivity index (χ2n) is 7.27. The van der Waals surface area contributed by atoms with Crippen molar-refractivity contribution in [1.82, 2.24) is 4.98 Å². The van der Waals surface area contributed by atoms with Gasteiger partial charge in [0.15, 0.2) is 0 Å². The molecule has 1 aromatic heterocycles. The zero-order valence-electron chi connectivity index (χ0n) is 16.2. The highest BCUT2D eigenvalue weighted by atomic mass is 19.1. The minimum absolute atomic E-state index is 0.0227. The van der Waals surface area contributed by atoms with Gasteiger partial charge in [-0.1, -0.05) is 19.9 Å². The quantitative estimate of drug-likeness (QED) is 0.574. The summed E-state index contributed by atoms with van der Waals surface area (Å²) in [5, 5.41) is 23.0. The largest absolute Gasteiger partial charge is 0.508 e. The summed E-state index contributed by atoms with van der Waals surface area (Å²) in [5.41, 5.74) is 3.55. The lowest BCUT2D eigenvalue weighted by molar-refractivity contribution is -0.137. The molecule has 0 saturated heterocycles. The topological polar surface area (TPSA) is 82.5 Å². The second kappa shape index (κ2) is 7.46. The van der Waals surface area contributed by atoms with E-state index in [1.54, 1.807) is 38.1 Å². The summed E-state index contributed by atoms with van der Waals surface area (Å²) in [4.78, 5) is 16.0. The predicted molar refractivity (Wildman–Crippen MR) is 108 cm³/mol. The Morgan fingerprint density at radius 2 is 1.86 bits per heavy atom. The molecule has 1 atom stereocenters. The Morgan fingerprint density at radius 3 is 2.46 bits per heavy atom. The maximum absolute atomic E-state index is 13.9. The van der Waals surface area contributed by atoms with Gasteiger partial charge in [0.1, 0.15) is 23.4 Å². The van der Waals surface area contributed by atoms with Gasteiger partial charge in [-0.25, -0.2) is 9.37 Å². The second-order valence-corrected chi connectivity index (χ2v) is 7.27. The van der Waals surface area contributed by atoms with Crippen molar-refractivity contribution >= 4 is 22.7 Å². The van der Waals surface area contributed by atoms with Gasteiger partial charge in [-0.15, -0.1) is 0 Å². The number of hydrogen-bond acceptors (Lipinski definition) is 4. The molecule has 6 heteroatoms. The third kappa shape index (κ3) is 3.63. The van der Waals surface area contributed by atoms with Crippen LogP contribution >= 0.6 is 0 Å². The van der Waals surface area contributed by atoms with Crippen LogP contribution in [-0.4, -0.2) is 27.2 Å². The Bertz CT molecular complexity index is 1060. The summed E-state index contributed by atoms with van der Waals surface area (Å²) in [6.45, 7) is 7.25. The predicted octanol–water partition coefficient (Wildman–Crippen LogP) is 5.06. The van der Waals surface area contributed by atoms with Crippen LogP contribution in [-0.2, 0) is 4.79 Å². The number of benzene rings is 2. The van der Waals surface area contributed by atoms with Crippen LogP contribution in [0.1, 0.15) is 37.8 Å². The number of phenols is 1. The number of phenolic OH excluding ortho intramolecular Hbond substituents is 1. The van der Waals surface area contributed by atoms with Crippen LogP contribution in [0.5, 0.6) is 5.75 Å². The number of aryl methyl sites for hydroxylation is 1. The highest BCUT2D eigenvalue weighted by Crippen LogP contribution is 2.40. The molecule has 0 aliphatic heterocycles. The molecule has 3 rings (SSSR count). The van der Waals surface area contributed by atoms with E-state index in [2.05, 4.69) is 10.3 Å². The number of nitrogens with one attached hydrogen (secondary N) is 1. The normalized spacial score (nSPS) is 12.4. The maximum Gasteiger partial charge on any atom is 0.325 e. The van der Waals surface area contributed by atoms with Crippen molar-refractivity contribution in [2.75, 3.05) is 5.32 Å². The van der Waals surface area contributed by atoms with Gasteiger partial charge in [0.25, 0.3) is 0 Å². The average Bonchev–Trinajstić information content (AvgIpc) is 2.62. The molecular weight excluding hydrogens is 359 g/mol. The molecule has 3 aromatic rings. The molecule has 0 fully saturated rings. The minimum atomic E-state index is -0.994. The van der Waals surface area contributed by atoms with Crippen LogP contribution in [0.4, 0.5) is 10.2 Å². The number of carboxylic acids is 1. The summed E-state index contributed by atoms with van der Waals surface area (Å²) < 4.78 is 13.9. The number of nitrogens with zero attached hydrogens (tertiary/aromatic N) is 1. The number of aromatic nitrogens is 1. The van der Waals surface area contributed by atoms with Crippen LogP contribution < -0.4 is 5.32 Å². The number of hydrogen-bond donors (Lipinski definition) is 3. The van der Waals surface area contributed by atoms with Gasteiger partial charge in [0, 0.05) is 17.0 Å². The minimum Gasteiger partial charge on any atom is -0.508 e. The number of pyridine rings is 1. The first kappa shape index (κ1) is 19.6. The van der Waals surface area contributed by atoms with Crippen molar-refractivity contribution in [2.24, 2.45) is 0 Å². The van der Waals surface area contributed by atoms with Crippen molar-refractivity contribution in [3.05, 3.63) is 53.3 Å². The van der Waals surface area contributed by atoms with E-state index in [0.29, 0.717) is 16.9 Å². The molecule has 28 heavy (non-hydrogen) atoms. The molecule has 1 heterocycles. The highest BCUT2D eigenvalue weighted by Gasteiger charge is 2.22. The zero-order valence-corrected chi connectivity index (χ0v) is 16.2. The average molecular weight is 382 g/mol. The lowest BCUT2D eigenvalue weighted by atomic mass is 9.89. The SMILES string of the molecule is Cc1cc(-c2c(C(C)C)c(NC(C)C(=O)O)nc3cc(O)ccc23)ccc1F. The number of carbonyl (C=O) groups is 1. The van der Waals surface area contributed by atoms with Crippen LogP contribution in [0.25, 0.3) is 22.0 Å². The van der Waals surface area contributed by atoms with E-state index in [4.69, 9.17) is 0 Å². The maximum atomic E-state index is 13.9. The third-order valence-corrected chi connectivity index (χ3v) is 4.75. The van der Waals surface area contributed by atoms with Gasteiger partial charge in [-0.2, -0.15) is 0 Å². The molecule has 0 aliphatic carbocycles. The fourth-order valence-corrected chi connectivity index (χ4v) is 3.32. The Hall–Kier alpha value is -3.15. The van der Waals surface area contributed by atoms with Crippen LogP contribution in [0.3, 0.4) is 0 Å². The highest BCUT2D eigenvalue weighted by molar-refractivity contribution is 5.99. The summed E-state index contributed by atoms with van der Waals surface area (Å²) >= 11 is 0. The van der Waals surface area contributed by atoms with Crippen LogP contribution in [0.2, 0.25) is 0 Å². The van der Waals surface area contributed by atoms with Gasteiger partial charge in [-0.05, 0) is 60.7 Å². The zero-order chi connectivity index (χ0) is 20.6. The standard InChI is InChI=1S/C22H23FN2O3/c1-11(2)19-20(14-5-8-17(23)12(3)9-14)16-7-6-15(26)10-18(16)25-21(19)24-13(4)22(27)28/h5-11,13,26H,1-4H3,(H,24,25)(H,27,28). The number of aromatic hydroxyl groups is 1. The lowest BCUT2D eigenvalue weighted by Crippen LogP contribution is -2.27. The van der Waals surface area contributed by atoms with E-state index in [0.717, 1.165) is 22.1 Å². The van der Waals surface area contributed by atoms with E-state index in [9.17, 15) is 19.4 Å². The first-order valence-electron chi connectivity index (χ1n) is 9.11. The molecule has 5 nitrogen and oxygen atoms in total. The lowest BCUT2D eigenvalue weighted by Gasteiger charge is -2.22. The van der Waals surface area contributed by atoms with E-state index in [-0.39, 0.29) is 17.5 Å². The van der Waals surface area contributed by atoms with Gasteiger partial charge in [-0.3, -0.25) is 4.79 Å². The Morgan fingerprint density at radius 1 is 1.14 bits per heavy atom. The number of fused-ring (bicyclic) bond motifs is 1. The first-order valence-corrected chi connectivity index (χ1v) is 9.11. The van der Waals surface area contributed by atoms with Gasteiger partial charge in [0.05, 0.1) is 5.52 Å². The summed E-state index contributed by atoms with van der Waals surface area (Å²) in [6, 6.07) is 8.96. The van der Waals surface area contributed by atoms with Crippen molar-refractivity contribution < 1.29 is 19.4 Å². The van der Waals surface area contributed by atoms with Gasteiger partial charge in [0.2, 0.25) is 0 Å². The van der Waals surface area contributed by atoms with Gasteiger partial charge < -0.3 is 15.5 Å². The van der Waals surface area contributed by atoms with Gasteiger partial charge >= 0.3 is 5.97 Å². The molecule has 0 bridgehead atoms. The monoisotopic (exact) mass is 382 g/mol. The fourth-order valence-electron chi connectivity index (χ4n) is 3.32. The van der Waals surface area contributed by atoms with Crippen molar-refractivity contribution in [3.63, 3.8) is 0 Å². The van der Waals surface area contributed by atoms with E-state index in [1.807, 2.05) is 13.8 Å².